The minimum atomic E-state index is -0.299. The minimum absolute atomic E-state index is 0.0838. The van der Waals surface area contributed by atoms with Crippen LogP contribution >= 0.6 is 0 Å². The molecule has 0 aromatic heterocycles. The van der Waals surface area contributed by atoms with Crippen LogP contribution in [0.2, 0.25) is 0 Å². The molecule has 1 aromatic carbocycles. The lowest BCUT2D eigenvalue weighted by atomic mass is 10.0. The zero-order valence-electron chi connectivity index (χ0n) is 8.77. The Kier molecular flexibility index (Phi) is 2.73. The van der Waals surface area contributed by atoms with Gasteiger partial charge >= 0.3 is 5.97 Å². The summed E-state index contributed by atoms with van der Waals surface area (Å²) in [5.74, 6) is 0.890. The molecule has 2 N–H and O–H groups in total. The van der Waals surface area contributed by atoms with Crippen LogP contribution in [0.25, 0.3) is 0 Å². The van der Waals surface area contributed by atoms with E-state index < -0.39 is 0 Å². The third kappa shape index (κ3) is 2.57. The van der Waals surface area contributed by atoms with Crippen LogP contribution in [-0.2, 0) is 4.79 Å². The quantitative estimate of drug-likeness (QED) is 0.606. The summed E-state index contributed by atoms with van der Waals surface area (Å²) in [6.07, 6.45) is 2.41. The monoisotopic (exact) mass is 205 g/mol. The molecule has 0 saturated heterocycles. The molecule has 1 fully saturated rings. The maximum atomic E-state index is 10.8. The van der Waals surface area contributed by atoms with Crippen LogP contribution in [0.5, 0.6) is 5.75 Å². The number of hydrogen-bond acceptors (Lipinski definition) is 3. The van der Waals surface area contributed by atoms with Crippen molar-refractivity contribution < 1.29 is 9.53 Å². The summed E-state index contributed by atoms with van der Waals surface area (Å²) in [6.45, 7) is 1.40. The van der Waals surface area contributed by atoms with Crippen LogP contribution in [-0.4, -0.2) is 5.97 Å². The van der Waals surface area contributed by atoms with Crippen molar-refractivity contribution in [3.8, 4) is 5.75 Å². The Morgan fingerprint density at radius 3 is 2.87 bits per heavy atom. The number of benzene rings is 1. The number of esters is 1. The zero-order valence-corrected chi connectivity index (χ0v) is 8.77. The normalized spacial score (nSPS) is 17.2. The molecule has 2 rings (SSSR count). The van der Waals surface area contributed by atoms with E-state index in [4.69, 9.17) is 10.5 Å². The van der Waals surface area contributed by atoms with Gasteiger partial charge in [0.1, 0.15) is 5.75 Å². The van der Waals surface area contributed by atoms with Gasteiger partial charge in [0.05, 0.1) is 0 Å². The van der Waals surface area contributed by atoms with Gasteiger partial charge < -0.3 is 10.5 Å². The molecule has 3 nitrogen and oxygen atoms in total. The first-order chi connectivity index (χ1) is 7.16. The molecule has 0 aliphatic heterocycles. The lowest BCUT2D eigenvalue weighted by Crippen LogP contribution is -2.12. The van der Waals surface area contributed by atoms with E-state index in [2.05, 4.69) is 0 Å². The summed E-state index contributed by atoms with van der Waals surface area (Å²) < 4.78 is 5.01. The highest BCUT2D eigenvalue weighted by molar-refractivity contribution is 5.69. The van der Waals surface area contributed by atoms with Gasteiger partial charge in [-0.1, -0.05) is 12.1 Å². The molecule has 0 heterocycles. The van der Waals surface area contributed by atoms with E-state index in [1.807, 2.05) is 18.2 Å². The zero-order chi connectivity index (χ0) is 10.8. The Morgan fingerprint density at radius 1 is 1.53 bits per heavy atom. The van der Waals surface area contributed by atoms with Crippen molar-refractivity contribution >= 4 is 5.97 Å². The van der Waals surface area contributed by atoms with E-state index in [0.717, 1.165) is 5.56 Å². The summed E-state index contributed by atoms with van der Waals surface area (Å²) >= 11 is 0. The van der Waals surface area contributed by atoms with Crippen LogP contribution in [0.1, 0.15) is 31.4 Å². The first-order valence-electron chi connectivity index (χ1n) is 5.21. The Hall–Kier alpha value is -1.35. The molecule has 0 radical (unpaired) electrons. The number of ether oxygens (including phenoxy) is 1. The molecule has 0 bridgehead atoms. The number of carbonyl (C=O) groups excluding carboxylic acids is 1. The summed E-state index contributed by atoms with van der Waals surface area (Å²) in [5, 5.41) is 0. The van der Waals surface area contributed by atoms with Gasteiger partial charge in [-0.3, -0.25) is 4.79 Å². The highest BCUT2D eigenvalue weighted by Crippen LogP contribution is 2.39. The minimum Gasteiger partial charge on any atom is -0.427 e. The molecular weight excluding hydrogens is 190 g/mol. The average molecular weight is 205 g/mol. The second-order valence-electron chi connectivity index (χ2n) is 4.03. The highest BCUT2D eigenvalue weighted by atomic mass is 16.5. The van der Waals surface area contributed by atoms with Crippen LogP contribution in [0, 0.1) is 5.92 Å². The maximum absolute atomic E-state index is 10.8. The standard InChI is InChI=1S/C12H15NO2/c1-8(14)15-11-4-2-3-10(7-11)12(13)9-5-6-9/h2-4,7,9,12H,5-6,13H2,1H3/t12-/m1/s1. The van der Waals surface area contributed by atoms with Crippen LogP contribution in [0.3, 0.4) is 0 Å². The van der Waals surface area contributed by atoms with Gasteiger partial charge in [0.25, 0.3) is 0 Å². The van der Waals surface area contributed by atoms with Gasteiger partial charge in [-0.15, -0.1) is 0 Å². The molecular formula is C12H15NO2. The van der Waals surface area contributed by atoms with Gasteiger partial charge in [-0.2, -0.15) is 0 Å². The van der Waals surface area contributed by atoms with E-state index in [-0.39, 0.29) is 12.0 Å². The first-order valence-corrected chi connectivity index (χ1v) is 5.21. The van der Waals surface area contributed by atoms with Crippen molar-refractivity contribution in [2.24, 2.45) is 11.7 Å². The van der Waals surface area contributed by atoms with E-state index in [1.54, 1.807) is 6.07 Å². The number of rotatable bonds is 3. The first kappa shape index (κ1) is 10.2. The molecule has 1 atom stereocenters. The third-order valence-corrected chi connectivity index (χ3v) is 2.63. The van der Waals surface area contributed by atoms with Crippen molar-refractivity contribution in [1.82, 2.24) is 0 Å². The van der Waals surface area contributed by atoms with Crippen molar-refractivity contribution in [2.75, 3.05) is 0 Å². The SMILES string of the molecule is CC(=O)Oc1cccc([C@H](N)C2CC2)c1. The summed E-state index contributed by atoms with van der Waals surface area (Å²) in [6, 6.07) is 7.56. The van der Waals surface area contributed by atoms with Gasteiger partial charge in [-0.25, -0.2) is 0 Å². The van der Waals surface area contributed by atoms with Crippen LogP contribution in [0.4, 0.5) is 0 Å². The number of nitrogens with two attached hydrogens (primary N) is 1. The van der Waals surface area contributed by atoms with Gasteiger partial charge in [0.2, 0.25) is 0 Å². The van der Waals surface area contributed by atoms with Gasteiger partial charge in [-0.05, 0) is 36.5 Å². The molecule has 15 heavy (non-hydrogen) atoms. The predicted octanol–water partition coefficient (Wildman–Crippen LogP) is 2.02. The molecule has 0 spiro atoms. The summed E-state index contributed by atoms with van der Waals surface area (Å²) in [5.41, 5.74) is 7.11. The lowest BCUT2D eigenvalue weighted by molar-refractivity contribution is -0.131. The van der Waals surface area contributed by atoms with E-state index in [1.165, 1.54) is 19.8 Å². The molecule has 1 aromatic rings. The Bertz CT molecular complexity index is 372. The van der Waals surface area contributed by atoms with Crippen molar-refractivity contribution in [2.45, 2.75) is 25.8 Å². The van der Waals surface area contributed by atoms with Crippen molar-refractivity contribution in [1.29, 1.82) is 0 Å². The van der Waals surface area contributed by atoms with Crippen LogP contribution in [0.15, 0.2) is 24.3 Å². The van der Waals surface area contributed by atoms with Crippen LogP contribution < -0.4 is 10.5 Å². The van der Waals surface area contributed by atoms with E-state index in [9.17, 15) is 4.79 Å². The van der Waals surface area contributed by atoms with Crippen molar-refractivity contribution in [3.63, 3.8) is 0 Å². The molecule has 1 aliphatic rings. The summed E-state index contributed by atoms with van der Waals surface area (Å²) in [7, 11) is 0. The second-order valence-corrected chi connectivity index (χ2v) is 4.03. The third-order valence-electron chi connectivity index (χ3n) is 2.63. The predicted molar refractivity (Wildman–Crippen MR) is 57.4 cm³/mol. The highest BCUT2D eigenvalue weighted by Gasteiger charge is 2.29. The molecule has 80 valence electrons. The van der Waals surface area contributed by atoms with Crippen molar-refractivity contribution in [3.05, 3.63) is 29.8 Å². The van der Waals surface area contributed by atoms with Gasteiger partial charge in [0, 0.05) is 13.0 Å². The Morgan fingerprint density at radius 2 is 2.27 bits per heavy atom. The second kappa shape index (κ2) is 4.03. The fourth-order valence-corrected chi connectivity index (χ4v) is 1.68. The Balaban J connectivity index is 2.14. The largest absolute Gasteiger partial charge is 0.427 e. The number of hydrogen-bond donors (Lipinski definition) is 1. The summed E-state index contributed by atoms with van der Waals surface area (Å²) in [4.78, 5) is 10.8. The lowest BCUT2D eigenvalue weighted by Gasteiger charge is -2.11. The molecule has 1 saturated carbocycles. The van der Waals surface area contributed by atoms with E-state index >= 15 is 0 Å². The topological polar surface area (TPSA) is 52.3 Å². The Labute approximate surface area is 89.2 Å². The van der Waals surface area contributed by atoms with E-state index in [0.29, 0.717) is 11.7 Å². The molecule has 3 heteroatoms. The van der Waals surface area contributed by atoms with Gasteiger partial charge in [0.15, 0.2) is 0 Å². The average Bonchev–Trinajstić information content (AvgIpc) is 2.99. The smallest absolute Gasteiger partial charge is 0.308 e. The molecule has 0 amide bonds. The number of carbonyl (C=O) groups is 1. The fourth-order valence-electron chi connectivity index (χ4n) is 1.68. The maximum Gasteiger partial charge on any atom is 0.308 e. The fraction of sp³-hybridized carbons (Fsp3) is 0.417. The molecule has 1 aliphatic carbocycles. The molecule has 0 unspecified atom stereocenters.